The maximum absolute atomic E-state index is 12.8. The van der Waals surface area contributed by atoms with Crippen molar-refractivity contribution in [3.8, 4) is 0 Å². The summed E-state index contributed by atoms with van der Waals surface area (Å²) in [6.07, 6.45) is 0. The minimum absolute atomic E-state index is 0.0104. The van der Waals surface area contributed by atoms with Gasteiger partial charge >= 0.3 is 0 Å². The number of aliphatic hydroxyl groups excluding tert-OH is 1. The lowest BCUT2D eigenvalue weighted by atomic mass is 10.2. The van der Waals surface area contributed by atoms with Crippen LogP contribution in [0.2, 0.25) is 0 Å². The molecule has 2 rings (SSSR count). The van der Waals surface area contributed by atoms with Gasteiger partial charge in [-0.25, -0.2) is 4.98 Å². The van der Waals surface area contributed by atoms with E-state index in [0.717, 1.165) is 4.47 Å². The Hall–Kier alpha value is -0.890. The lowest BCUT2D eigenvalue weighted by Gasteiger charge is -2.15. The number of halogens is 1. The molecule has 23 heavy (non-hydrogen) atoms. The molecule has 0 spiro atoms. The highest BCUT2D eigenvalue weighted by Gasteiger charge is 2.13. The van der Waals surface area contributed by atoms with E-state index in [0.29, 0.717) is 47.5 Å². The van der Waals surface area contributed by atoms with Crippen molar-refractivity contribution in [2.75, 3.05) is 25.6 Å². The largest absolute Gasteiger partial charge is 0.394 e. The molecular formula is C16H21BrN2O3S. The highest BCUT2D eigenvalue weighted by atomic mass is 79.9. The average Bonchev–Trinajstić information content (AvgIpc) is 2.51. The van der Waals surface area contributed by atoms with E-state index in [4.69, 9.17) is 9.84 Å². The molecule has 1 aromatic carbocycles. The van der Waals surface area contributed by atoms with Crippen LogP contribution in [0.25, 0.3) is 10.9 Å². The second-order valence-electron chi connectivity index (χ2n) is 5.55. The molecule has 0 unspecified atom stereocenters. The van der Waals surface area contributed by atoms with Crippen LogP contribution in [0.3, 0.4) is 0 Å². The van der Waals surface area contributed by atoms with Gasteiger partial charge in [-0.3, -0.25) is 9.36 Å². The van der Waals surface area contributed by atoms with Crippen molar-refractivity contribution >= 4 is 38.6 Å². The molecule has 0 atom stereocenters. The van der Waals surface area contributed by atoms with Crippen LogP contribution in [-0.4, -0.2) is 40.2 Å². The molecule has 0 saturated carbocycles. The molecule has 0 radical (unpaired) electrons. The number of aromatic nitrogens is 2. The van der Waals surface area contributed by atoms with Crippen molar-refractivity contribution in [2.45, 2.75) is 25.5 Å². The van der Waals surface area contributed by atoms with Crippen LogP contribution < -0.4 is 5.56 Å². The Morgan fingerprint density at radius 2 is 2.17 bits per heavy atom. The standard InChI is InChI=1S/C16H21BrN2O3S/c1-11(2)10-19-15(21)13-9-12(17)3-4-14(13)18-16(19)23-8-7-22-6-5-20/h3-4,9,11,20H,5-8,10H2,1-2H3. The maximum Gasteiger partial charge on any atom is 0.262 e. The fourth-order valence-corrected chi connectivity index (χ4v) is 3.39. The molecule has 7 heteroatoms. The zero-order chi connectivity index (χ0) is 16.8. The van der Waals surface area contributed by atoms with Gasteiger partial charge < -0.3 is 9.84 Å². The number of benzene rings is 1. The molecule has 5 nitrogen and oxygen atoms in total. The number of aliphatic hydroxyl groups is 1. The second kappa shape index (κ2) is 8.82. The molecule has 0 aliphatic carbocycles. The molecule has 0 amide bonds. The van der Waals surface area contributed by atoms with Crippen molar-refractivity contribution in [2.24, 2.45) is 5.92 Å². The summed E-state index contributed by atoms with van der Waals surface area (Å²) in [5.74, 6) is 1.04. The Balaban J connectivity index is 2.32. The summed E-state index contributed by atoms with van der Waals surface area (Å²) in [6.45, 7) is 5.66. The third-order valence-corrected chi connectivity index (χ3v) is 4.56. The molecule has 2 aromatic rings. The van der Waals surface area contributed by atoms with Crippen molar-refractivity contribution in [1.82, 2.24) is 9.55 Å². The van der Waals surface area contributed by atoms with Crippen LogP contribution >= 0.6 is 27.7 Å². The van der Waals surface area contributed by atoms with E-state index in [1.165, 1.54) is 11.8 Å². The highest BCUT2D eigenvalue weighted by molar-refractivity contribution is 9.10. The highest BCUT2D eigenvalue weighted by Crippen LogP contribution is 2.21. The number of nitrogens with zero attached hydrogens (tertiary/aromatic N) is 2. The maximum atomic E-state index is 12.8. The summed E-state index contributed by atoms with van der Waals surface area (Å²) in [5.41, 5.74) is 0.695. The van der Waals surface area contributed by atoms with Crippen LogP contribution in [-0.2, 0) is 11.3 Å². The number of ether oxygens (including phenoxy) is 1. The van der Waals surface area contributed by atoms with E-state index in [1.807, 2.05) is 18.2 Å². The molecule has 1 N–H and O–H groups in total. The number of rotatable bonds is 8. The zero-order valence-electron chi connectivity index (χ0n) is 13.3. The average molecular weight is 401 g/mol. The minimum atomic E-state index is -0.0104. The van der Waals surface area contributed by atoms with Crippen molar-refractivity contribution in [3.05, 3.63) is 33.0 Å². The number of hydrogen-bond acceptors (Lipinski definition) is 5. The van der Waals surface area contributed by atoms with Crippen LogP contribution in [0.4, 0.5) is 0 Å². The van der Waals surface area contributed by atoms with Gasteiger partial charge in [0.25, 0.3) is 5.56 Å². The minimum Gasteiger partial charge on any atom is -0.394 e. The first-order valence-corrected chi connectivity index (χ1v) is 9.32. The summed E-state index contributed by atoms with van der Waals surface area (Å²) in [5, 5.41) is 10.0. The van der Waals surface area contributed by atoms with Crippen molar-refractivity contribution in [3.63, 3.8) is 0 Å². The van der Waals surface area contributed by atoms with Gasteiger partial charge in [-0.2, -0.15) is 0 Å². The molecule has 0 fully saturated rings. The fourth-order valence-electron chi connectivity index (χ4n) is 2.17. The van der Waals surface area contributed by atoms with Crippen LogP contribution in [0.1, 0.15) is 13.8 Å². The van der Waals surface area contributed by atoms with Crippen LogP contribution in [0.5, 0.6) is 0 Å². The van der Waals surface area contributed by atoms with E-state index in [9.17, 15) is 4.79 Å². The van der Waals surface area contributed by atoms with Crippen molar-refractivity contribution < 1.29 is 9.84 Å². The first kappa shape index (κ1) is 18.4. The molecule has 0 saturated heterocycles. The third kappa shape index (κ3) is 5.04. The van der Waals surface area contributed by atoms with Gasteiger partial charge in [-0.1, -0.05) is 41.5 Å². The molecular weight excluding hydrogens is 380 g/mol. The van der Waals surface area contributed by atoms with Gasteiger partial charge in [0.15, 0.2) is 5.16 Å². The Morgan fingerprint density at radius 3 is 2.87 bits per heavy atom. The number of hydrogen-bond donors (Lipinski definition) is 1. The van der Waals surface area contributed by atoms with Crippen LogP contribution in [0, 0.1) is 5.92 Å². The summed E-state index contributed by atoms with van der Waals surface area (Å²) in [7, 11) is 0. The summed E-state index contributed by atoms with van der Waals surface area (Å²) >= 11 is 4.91. The number of thioether (sulfide) groups is 1. The van der Waals surface area contributed by atoms with E-state index in [1.54, 1.807) is 4.57 Å². The van der Waals surface area contributed by atoms with Crippen LogP contribution in [0.15, 0.2) is 32.6 Å². The summed E-state index contributed by atoms with van der Waals surface area (Å²) < 4.78 is 7.89. The molecule has 1 heterocycles. The smallest absolute Gasteiger partial charge is 0.262 e. The normalized spacial score (nSPS) is 11.5. The lowest BCUT2D eigenvalue weighted by Crippen LogP contribution is -2.25. The predicted molar refractivity (Wildman–Crippen MR) is 97.2 cm³/mol. The molecule has 0 aliphatic rings. The van der Waals surface area contributed by atoms with Crippen molar-refractivity contribution in [1.29, 1.82) is 0 Å². The first-order chi connectivity index (χ1) is 11.0. The molecule has 0 aliphatic heterocycles. The predicted octanol–water partition coefficient (Wildman–Crippen LogP) is 2.92. The molecule has 0 bridgehead atoms. The Bertz CT molecular complexity index is 718. The fraction of sp³-hybridized carbons (Fsp3) is 0.500. The third-order valence-electron chi connectivity index (χ3n) is 3.12. The van der Waals surface area contributed by atoms with Gasteiger partial charge in [0.2, 0.25) is 0 Å². The lowest BCUT2D eigenvalue weighted by molar-refractivity contribution is 0.103. The van der Waals surface area contributed by atoms with Gasteiger partial charge in [0, 0.05) is 16.8 Å². The van der Waals surface area contributed by atoms with E-state index >= 15 is 0 Å². The molecule has 1 aromatic heterocycles. The van der Waals surface area contributed by atoms with Gasteiger partial charge in [-0.15, -0.1) is 0 Å². The van der Waals surface area contributed by atoms with E-state index < -0.39 is 0 Å². The quantitative estimate of drug-likeness (QED) is 0.419. The topological polar surface area (TPSA) is 64.3 Å². The first-order valence-electron chi connectivity index (χ1n) is 7.54. The van der Waals surface area contributed by atoms with Gasteiger partial charge in [0.05, 0.1) is 30.7 Å². The zero-order valence-corrected chi connectivity index (χ0v) is 15.7. The molecule has 126 valence electrons. The summed E-state index contributed by atoms with van der Waals surface area (Å²) in [6, 6.07) is 5.56. The monoisotopic (exact) mass is 400 g/mol. The SMILES string of the molecule is CC(C)Cn1c(SCCOCCO)nc2ccc(Br)cc2c1=O. The van der Waals surface area contributed by atoms with Gasteiger partial charge in [-0.05, 0) is 24.1 Å². The Labute approximate surface area is 148 Å². The second-order valence-corrected chi connectivity index (χ2v) is 7.53. The Kier molecular flexibility index (Phi) is 7.08. The van der Waals surface area contributed by atoms with Gasteiger partial charge in [0.1, 0.15) is 0 Å². The Morgan fingerprint density at radius 1 is 1.39 bits per heavy atom. The van der Waals surface area contributed by atoms with E-state index in [-0.39, 0.29) is 12.2 Å². The number of fused-ring (bicyclic) bond motifs is 1. The van der Waals surface area contributed by atoms with E-state index in [2.05, 4.69) is 34.8 Å². The summed E-state index contributed by atoms with van der Waals surface area (Å²) in [4.78, 5) is 17.4.